The average Bonchev–Trinajstić information content (AvgIpc) is 3.32. The number of hydrogen-bond donors (Lipinski definition) is 0. The van der Waals surface area contributed by atoms with Gasteiger partial charge in [-0.1, -0.05) is 103 Å². The molecule has 0 radical (unpaired) electrons. The Kier molecular flexibility index (Phi) is 7.65. The first-order valence-electron chi connectivity index (χ1n) is 12.7. The molecule has 2 aliphatic heterocycles. The highest BCUT2D eigenvalue weighted by molar-refractivity contribution is 5.98. The number of β-lactam (4-membered cyclic amide) rings is 1. The SMILES string of the molecule is CC(=O)C(COCc1ccccc1)N1C(=O)C(N2C(=O)OCC2c2ccccc2)C1/C=C/c1ccccc1. The van der Waals surface area contributed by atoms with Crippen molar-refractivity contribution in [3.8, 4) is 0 Å². The Morgan fingerprint density at radius 1 is 0.974 bits per heavy atom. The number of nitrogens with zero attached hydrogens (tertiary/aromatic N) is 2. The Labute approximate surface area is 222 Å². The zero-order valence-electron chi connectivity index (χ0n) is 21.2. The average molecular weight is 511 g/mol. The van der Waals surface area contributed by atoms with Gasteiger partial charge in [0.15, 0.2) is 5.78 Å². The third-order valence-corrected chi connectivity index (χ3v) is 7.03. The van der Waals surface area contributed by atoms with Crippen molar-refractivity contribution >= 4 is 23.9 Å². The summed E-state index contributed by atoms with van der Waals surface area (Å²) in [5.74, 6) is -0.470. The van der Waals surface area contributed by atoms with Crippen LogP contribution in [0.2, 0.25) is 0 Å². The molecule has 38 heavy (non-hydrogen) atoms. The summed E-state index contributed by atoms with van der Waals surface area (Å²) >= 11 is 0. The maximum Gasteiger partial charge on any atom is 0.411 e. The Bertz CT molecular complexity index is 1300. The second kappa shape index (κ2) is 11.4. The van der Waals surface area contributed by atoms with E-state index in [1.165, 1.54) is 11.8 Å². The lowest BCUT2D eigenvalue weighted by Gasteiger charge is -2.52. The summed E-state index contributed by atoms with van der Waals surface area (Å²) < 4.78 is 11.3. The van der Waals surface area contributed by atoms with E-state index in [4.69, 9.17) is 9.47 Å². The number of ether oxygens (including phenoxy) is 2. The van der Waals surface area contributed by atoms with E-state index in [-0.39, 0.29) is 24.9 Å². The molecular weight excluding hydrogens is 480 g/mol. The Morgan fingerprint density at radius 3 is 2.26 bits per heavy atom. The highest BCUT2D eigenvalue weighted by atomic mass is 16.6. The Morgan fingerprint density at radius 2 is 1.61 bits per heavy atom. The minimum absolute atomic E-state index is 0.0604. The van der Waals surface area contributed by atoms with E-state index in [2.05, 4.69) is 0 Å². The maximum atomic E-state index is 13.7. The number of carbonyl (C=O) groups is 3. The number of hydrogen-bond acceptors (Lipinski definition) is 5. The monoisotopic (exact) mass is 510 g/mol. The molecule has 0 aromatic heterocycles. The van der Waals surface area contributed by atoms with Gasteiger partial charge in [0.25, 0.3) is 0 Å². The van der Waals surface area contributed by atoms with Crippen molar-refractivity contribution in [3.05, 3.63) is 114 Å². The van der Waals surface area contributed by atoms with Crippen molar-refractivity contribution in [1.82, 2.24) is 9.80 Å². The summed E-state index contributed by atoms with van der Waals surface area (Å²) in [5, 5.41) is 0. The van der Waals surface area contributed by atoms with Crippen LogP contribution >= 0.6 is 0 Å². The van der Waals surface area contributed by atoms with E-state index in [9.17, 15) is 14.4 Å². The largest absolute Gasteiger partial charge is 0.447 e. The van der Waals surface area contributed by atoms with Crippen molar-refractivity contribution in [3.63, 3.8) is 0 Å². The molecule has 4 atom stereocenters. The van der Waals surface area contributed by atoms with Gasteiger partial charge < -0.3 is 14.4 Å². The van der Waals surface area contributed by atoms with Gasteiger partial charge in [0, 0.05) is 0 Å². The topological polar surface area (TPSA) is 76.2 Å². The summed E-state index contributed by atoms with van der Waals surface area (Å²) in [5.41, 5.74) is 2.83. The second-order valence-corrected chi connectivity index (χ2v) is 9.49. The molecule has 194 valence electrons. The van der Waals surface area contributed by atoms with Crippen molar-refractivity contribution in [2.24, 2.45) is 0 Å². The minimum Gasteiger partial charge on any atom is -0.447 e. The van der Waals surface area contributed by atoms with E-state index < -0.39 is 30.3 Å². The second-order valence-electron chi connectivity index (χ2n) is 9.49. The van der Waals surface area contributed by atoms with E-state index in [1.54, 1.807) is 4.90 Å². The zero-order valence-corrected chi connectivity index (χ0v) is 21.2. The summed E-state index contributed by atoms with van der Waals surface area (Å²) in [7, 11) is 0. The molecule has 2 saturated heterocycles. The van der Waals surface area contributed by atoms with Crippen LogP contribution in [-0.2, 0) is 25.7 Å². The lowest BCUT2D eigenvalue weighted by atomic mass is 9.88. The fraction of sp³-hybridized carbons (Fsp3) is 0.258. The van der Waals surface area contributed by atoms with Crippen LogP contribution in [0, 0.1) is 0 Å². The quantitative estimate of drug-likeness (QED) is 0.371. The fourth-order valence-electron chi connectivity index (χ4n) is 5.06. The van der Waals surface area contributed by atoms with Gasteiger partial charge in [-0.2, -0.15) is 0 Å². The standard InChI is InChI=1S/C31H30N2O5/c1-22(34)27(20-37-19-24-13-7-3-8-14-24)32-26(18-17-23-11-5-2-6-12-23)29(30(32)35)33-28(21-38-31(33)36)25-15-9-4-10-16-25/h2-18,26-29H,19-21H2,1H3/b18-17+. The molecular formula is C31H30N2O5. The minimum atomic E-state index is -0.786. The first kappa shape index (κ1) is 25.4. The lowest BCUT2D eigenvalue weighted by molar-refractivity contribution is -0.164. The molecule has 7 heteroatoms. The molecule has 5 rings (SSSR count). The van der Waals surface area contributed by atoms with E-state index >= 15 is 0 Å². The van der Waals surface area contributed by atoms with Gasteiger partial charge >= 0.3 is 6.09 Å². The summed E-state index contributed by atoms with van der Waals surface area (Å²) in [6.07, 6.45) is 3.27. The molecule has 2 fully saturated rings. The highest BCUT2D eigenvalue weighted by Crippen LogP contribution is 2.38. The highest BCUT2D eigenvalue weighted by Gasteiger charge is 2.57. The predicted molar refractivity (Wildman–Crippen MR) is 143 cm³/mol. The molecule has 7 nitrogen and oxygen atoms in total. The Hall–Kier alpha value is -4.23. The zero-order chi connectivity index (χ0) is 26.5. The van der Waals surface area contributed by atoms with Crippen LogP contribution in [0.5, 0.6) is 0 Å². The van der Waals surface area contributed by atoms with Gasteiger partial charge in [0.2, 0.25) is 5.91 Å². The van der Waals surface area contributed by atoms with Gasteiger partial charge in [-0.05, 0) is 23.6 Å². The van der Waals surface area contributed by atoms with Crippen LogP contribution in [0.1, 0.15) is 29.7 Å². The van der Waals surface area contributed by atoms with E-state index in [1.807, 2.05) is 103 Å². The third-order valence-electron chi connectivity index (χ3n) is 7.03. The van der Waals surface area contributed by atoms with Gasteiger partial charge in [-0.15, -0.1) is 0 Å². The van der Waals surface area contributed by atoms with Crippen molar-refractivity contribution in [2.75, 3.05) is 13.2 Å². The Balaban J connectivity index is 1.42. The van der Waals surface area contributed by atoms with Gasteiger partial charge in [-0.3, -0.25) is 14.5 Å². The summed E-state index contributed by atoms with van der Waals surface area (Å²) in [6.45, 7) is 2.02. The van der Waals surface area contributed by atoms with Crippen molar-refractivity contribution < 1.29 is 23.9 Å². The van der Waals surface area contributed by atoms with Gasteiger partial charge in [0.1, 0.15) is 18.7 Å². The first-order chi connectivity index (χ1) is 18.5. The van der Waals surface area contributed by atoms with Crippen LogP contribution in [0.3, 0.4) is 0 Å². The molecule has 0 spiro atoms. The van der Waals surface area contributed by atoms with Gasteiger partial charge in [0.05, 0.1) is 25.3 Å². The number of carbonyl (C=O) groups excluding carboxylic acids is 3. The summed E-state index contributed by atoms with van der Waals surface area (Å²) in [6, 6.07) is 26.4. The molecule has 2 amide bonds. The molecule has 0 N–H and O–H groups in total. The molecule has 0 saturated carbocycles. The van der Waals surface area contributed by atoms with Crippen LogP contribution in [0.25, 0.3) is 6.08 Å². The number of Topliss-reactive ketones (excluding diaryl/α,β-unsaturated/α-hetero) is 1. The number of amides is 2. The van der Waals surface area contributed by atoms with Crippen LogP contribution in [0.15, 0.2) is 97.1 Å². The molecule has 2 heterocycles. The smallest absolute Gasteiger partial charge is 0.411 e. The fourth-order valence-corrected chi connectivity index (χ4v) is 5.06. The number of ketones is 1. The predicted octanol–water partition coefficient (Wildman–Crippen LogP) is 4.65. The number of likely N-dealkylation sites (tertiary alicyclic amines) is 1. The van der Waals surface area contributed by atoms with Crippen molar-refractivity contribution in [1.29, 1.82) is 0 Å². The van der Waals surface area contributed by atoms with Crippen molar-refractivity contribution in [2.45, 2.75) is 37.7 Å². The summed E-state index contributed by atoms with van der Waals surface area (Å²) in [4.78, 5) is 42.5. The molecule has 3 aromatic rings. The lowest BCUT2D eigenvalue weighted by Crippen LogP contribution is -2.74. The third kappa shape index (κ3) is 5.24. The number of rotatable bonds is 10. The number of cyclic esters (lactones) is 1. The van der Waals surface area contributed by atoms with E-state index in [0.717, 1.165) is 16.7 Å². The maximum absolute atomic E-state index is 13.7. The normalized spacial score (nSPS) is 21.9. The van der Waals surface area contributed by atoms with Gasteiger partial charge in [-0.25, -0.2) is 4.79 Å². The molecule has 2 aliphatic rings. The molecule has 4 unspecified atom stereocenters. The van der Waals surface area contributed by atoms with Crippen LogP contribution in [0.4, 0.5) is 4.79 Å². The number of benzene rings is 3. The molecule has 3 aromatic carbocycles. The van der Waals surface area contributed by atoms with Crippen LogP contribution in [-0.4, -0.2) is 58.9 Å². The molecule has 0 aliphatic carbocycles. The van der Waals surface area contributed by atoms with E-state index in [0.29, 0.717) is 6.61 Å². The first-order valence-corrected chi connectivity index (χ1v) is 12.7. The van der Waals surface area contributed by atoms with Crippen LogP contribution < -0.4 is 0 Å². The molecule has 0 bridgehead atoms.